The Labute approximate surface area is 99.0 Å². The van der Waals surface area contributed by atoms with E-state index in [2.05, 4.69) is 11.4 Å². The van der Waals surface area contributed by atoms with Gasteiger partial charge in [0.05, 0.1) is 6.07 Å². The van der Waals surface area contributed by atoms with Gasteiger partial charge < -0.3 is 5.32 Å². The number of hydrogen-bond donors (Lipinski definition) is 1. The van der Waals surface area contributed by atoms with Crippen LogP contribution in [0.3, 0.4) is 0 Å². The summed E-state index contributed by atoms with van der Waals surface area (Å²) in [4.78, 5) is 0. The summed E-state index contributed by atoms with van der Waals surface area (Å²) in [6.07, 6.45) is 2.69. The van der Waals surface area contributed by atoms with Crippen LogP contribution in [0, 0.1) is 22.6 Å². The fraction of sp³-hybridized carbons (Fsp3) is 0.417. The van der Waals surface area contributed by atoms with Crippen molar-refractivity contribution in [3.8, 4) is 6.07 Å². The standard InChI is InChI=1S/C12H12ClFN2/c13-9-5-10(14)7-11(6-9)16-8-12(1-2-12)3-4-15/h5-7,16H,1-3,8H2. The zero-order valence-electron chi connectivity index (χ0n) is 8.76. The van der Waals surface area contributed by atoms with Crippen molar-refractivity contribution in [1.82, 2.24) is 0 Å². The minimum Gasteiger partial charge on any atom is -0.384 e. The monoisotopic (exact) mass is 238 g/mol. The number of nitrogens with zero attached hydrogens (tertiary/aromatic N) is 1. The normalized spacial score (nSPS) is 16.6. The van der Waals surface area contributed by atoms with Crippen LogP contribution in [0.25, 0.3) is 0 Å². The predicted molar refractivity (Wildman–Crippen MR) is 61.8 cm³/mol. The Morgan fingerprint density at radius 2 is 2.19 bits per heavy atom. The minimum absolute atomic E-state index is 0.105. The third-order valence-electron chi connectivity index (χ3n) is 2.94. The van der Waals surface area contributed by atoms with E-state index in [1.807, 2.05) is 0 Å². The fourth-order valence-electron chi connectivity index (χ4n) is 1.71. The van der Waals surface area contributed by atoms with Gasteiger partial charge in [0.1, 0.15) is 5.82 Å². The molecule has 0 radical (unpaired) electrons. The molecule has 2 rings (SSSR count). The lowest BCUT2D eigenvalue weighted by atomic mass is 10.0. The van der Waals surface area contributed by atoms with E-state index < -0.39 is 0 Å². The van der Waals surface area contributed by atoms with E-state index >= 15 is 0 Å². The second-order valence-electron chi connectivity index (χ2n) is 4.35. The van der Waals surface area contributed by atoms with Crippen LogP contribution in [0.5, 0.6) is 0 Å². The van der Waals surface area contributed by atoms with Gasteiger partial charge in [0.2, 0.25) is 0 Å². The van der Waals surface area contributed by atoms with Crippen molar-refractivity contribution in [2.24, 2.45) is 5.41 Å². The molecule has 1 aliphatic carbocycles. The molecule has 0 unspecified atom stereocenters. The second kappa shape index (κ2) is 4.31. The van der Waals surface area contributed by atoms with Gasteiger partial charge in [0.25, 0.3) is 0 Å². The van der Waals surface area contributed by atoms with Gasteiger partial charge >= 0.3 is 0 Å². The van der Waals surface area contributed by atoms with Gasteiger partial charge in [-0.1, -0.05) is 11.6 Å². The molecule has 0 aromatic heterocycles. The van der Waals surface area contributed by atoms with Crippen LogP contribution in [0.1, 0.15) is 19.3 Å². The maximum atomic E-state index is 13.0. The highest BCUT2D eigenvalue weighted by atomic mass is 35.5. The minimum atomic E-state index is -0.347. The quantitative estimate of drug-likeness (QED) is 0.870. The third-order valence-corrected chi connectivity index (χ3v) is 3.16. The maximum Gasteiger partial charge on any atom is 0.126 e. The summed E-state index contributed by atoms with van der Waals surface area (Å²) in [7, 11) is 0. The first-order chi connectivity index (χ1) is 7.63. The molecular formula is C12H12ClFN2. The first-order valence-electron chi connectivity index (χ1n) is 5.20. The van der Waals surface area contributed by atoms with E-state index in [1.165, 1.54) is 12.1 Å². The Morgan fingerprint density at radius 1 is 1.44 bits per heavy atom. The van der Waals surface area contributed by atoms with Crippen molar-refractivity contribution in [3.05, 3.63) is 29.0 Å². The number of halogens is 2. The highest BCUT2D eigenvalue weighted by molar-refractivity contribution is 6.30. The first kappa shape index (κ1) is 11.2. The summed E-state index contributed by atoms with van der Waals surface area (Å²) in [5.74, 6) is -0.347. The Balaban J connectivity index is 1.97. The molecule has 1 aromatic rings. The van der Waals surface area contributed by atoms with Gasteiger partial charge in [-0.3, -0.25) is 0 Å². The van der Waals surface area contributed by atoms with Crippen LogP contribution < -0.4 is 5.32 Å². The molecule has 84 valence electrons. The average molecular weight is 239 g/mol. The lowest BCUT2D eigenvalue weighted by Gasteiger charge is -2.13. The molecule has 0 amide bonds. The molecule has 4 heteroatoms. The molecule has 1 saturated carbocycles. The van der Waals surface area contributed by atoms with E-state index in [9.17, 15) is 4.39 Å². The summed E-state index contributed by atoms with van der Waals surface area (Å²) >= 11 is 5.74. The largest absolute Gasteiger partial charge is 0.384 e. The van der Waals surface area contributed by atoms with Crippen LogP contribution >= 0.6 is 11.6 Å². The fourth-order valence-corrected chi connectivity index (χ4v) is 1.93. The molecule has 0 heterocycles. The second-order valence-corrected chi connectivity index (χ2v) is 4.78. The van der Waals surface area contributed by atoms with Crippen molar-refractivity contribution in [2.45, 2.75) is 19.3 Å². The average Bonchev–Trinajstić information content (AvgIpc) is 2.95. The molecule has 1 fully saturated rings. The molecule has 1 aliphatic rings. The smallest absolute Gasteiger partial charge is 0.126 e. The van der Waals surface area contributed by atoms with Crippen LogP contribution in [-0.4, -0.2) is 6.54 Å². The van der Waals surface area contributed by atoms with Gasteiger partial charge in [-0.15, -0.1) is 0 Å². The van der Waals surface area contributed by atoms with E-state index in [1.54, 1.807) is 6.07 Å². The molecule has 0 atom stereocenters. The van der Waals surface area contributed by atoms with E-state index in [-0.39, 0.29) is 11.2 Å². The van der Waals surface area contributed by atoms with Gasteiger partial charge in [-0.05, 0) is 31.0 Å². The Bertz CT molecular complexity index is 415. The molecule has 1 N–H and O–H groups in total. The van der Waals surface area contributed by atoms with Crippen molar-refractivity contribution in [1.29, 1.82) is 5.26 Å². The topological polar surface area (TPSA) is 35.8 Å². The van der Waals surface area contributed by atoms with Crippen LogP contribution in [0.15, 0.2) is 18.2 Å². The Hall–Kier alpha value is -1.27. The molecule has 0 saturated heterocycles. The Morgan fingerprint density at radius 3 is 2.75 bits per heavy atom. The van der Waals surface area contributed by atoms with Gasteiger partial charge in [0.15, 0.2) is 0 Å². The van der Waals surface area contributed by atoms with Gasteiger partial charge in [-0.2, -0.15) is 5.26 Å². The van der Waals surface area contributed by atoms with E-state index in [0.717, 1.165) is 12.8 Å². The van der Waals surface area contributed by atoms with Crippen molar-refractivity contribution in [2.75, 3.05) is 11.9 Å². The van der Waals surface area contributed by atoms with Crippen molar-refractivity contribution in [3.63, 3.8) is 0 Å². The number of benzene rings is 1. The highest BCUT2D eigenvalue weighted by Gasteiger charge is 2.42. The third kappa shape index (κ3) is 2.65. The first-order valence-corrected chi connectivity index (χ1v) is 5.58. The van der Waals surface area contributed by atoms with Crippen molar-refractivity contribution < 1.29 is 4.39 Å². The van der Waals surface area contributed by atoms with Crippen LogP contribution in [0.2, 0.25) is 5.02 Å². The van der Waals surface area contributed by atoms with Crippen LogP contribution in [-0.2, 0) is 0 Å². The zero-order chi connectivity index (χ0) is 11.6. The molecule has 0 bridgehead atoms. The lowest BCUT2D eigenvalue weighted by Crippen LogP contribution is -2.14. The van der Waals surface area contributed by atoms with Gasteiger partial charge in [-0.25, -0.2) is 4.39 Å². The summed E-state index contributed by atoms with van der Waals surface area (Å²) in [6.45, 7) is 0.709. The molecule has 16 heavy (non-hydrogen) atoms. The number of nitrogens with one attached hydrogen (secondary N) is 1. The predicted octanol–water partition coefficient (Wildman–Crippen LogP) is 3.58. The molecule has 2 nitrogen and oxygen atoms in total. The number of anilines is 1. The molecule has 0 aliphatic heterocycles. The summed E-state index contributed by atoms with van der Waals surface area (Å²) in [5.41, 5.74) is 0.780. The van der Waals surface area contributed by atoms with E-state index in [0.29, 0.717) is 23.7 Å². The maximum absolute atomic E-state index is 13.0. The highest BCUT2D eigenvalue weighted by Crippen LogP contribution is 2.48. The molecular weight excluding hydrogens is 227 g/mol. The molecule has 1 aromatic carbocycles. The SMILES string of the molecule is N#CCC1(CNc2cc(F)cc(Cl)c2)CC1. The lowest BCUT2D eigenvalue weighted by molar-refractivity contribution is 0.557. The van der Waals surface area contributed by atoms with Crippen molar-refractivity contribution >= 4 is 17.3 Å². The molecule has 0 spiro atoms. The number of rotatable bonds is 4. The van der Waals surface area contributed by atoms with Crippen LogP contribution in [0.4, 0.5) is 10.1 Å². The number of hydrogen-bond acceptors (Lipinski definition) is 2. The zero-order valence-corrected chi connectivity index (χ0v) is 9.52. The van der Waals surface area contributed by atoms with Gasteiger partial charge in [0, 0.05) is 29.1 Å². The van der Waals surface area contributed by atoms with E-state index in [4.69, 9.17) is 16.9 Å². The number of nitriles is 1. The summed E-state index contributed by atoms with van der Waals surface area (Å²) in [6, 6.07) is 6.56. The summed E-state index contributed by atoms with van der Waals surface area (Å²) < 4.78 is 13.0. The summed E-state index contributed by atoms with van der Waals surface area (Å²) in [5, 5.41) is 12.2. The Kier molecular flexibility index (Phi) is 3.02.